The molecule has 0 aliphatic carbocycles. The van der Waals surface area contributed by atoms with E-state index in [2.05, 4.69) is 15.5 Å². The highest BCUT2D eigenvalue weighted by Crippen LogP contribution is 2.28. The maximum atomic E-state index is 13.4. The molecule has 2 aromatic carbocycles. The predicted molar refractivity (Wildman–Crippen MR) is 118 cm³/mol. The lowest BCUT2D eigenvalue weighted by Gasteiger charge is -2.14. The Bertz CT molecular complexity index is 1170. The summed E-state index contributed by atoms with van der Waals surface area (Å²) in [5.41, 5.74) is 2.92. The van der Waals surface area contributed by atoms with Crippen molar-refractivity contribution in [3.8, 4) is 11.4 Å². The number of nitrogens with one attached hydrogen (secondary N) is 1. The Balaban J connectivity index is 1.36. The number of fused-ring (bicyclic) bond motifs is 1. The van der Waals surface area contributed by atoms with Crippen molar-refractivity contribution in [3.63, 3.8) is 0 Å². The first-order chi connectivity index (χ1) is 15.6. The van der Waals surface area contributed by atoms with Crippen molar-refractivity contribution < 1.29 is 18.7 Å². The van der Waals surface area contributed by atoms with E-state index >= 15 is 0 Å². The van der Waals surface area contributed by atoms with Gasteiger partial charge in [0.05, 0.1) is 24.8 Å². The quantitative estimate of drug-likeness (QED) is 0.434. The fourth-order valence-corrected chi connectivity index (χ4v) is 4.82. The van der Waals surface area contributed by atoms with Crippen LogP contribution >= 0.6 is 11.8 Å². The van der Waals surface area contributed by atoms with E-state index in [4.69, 9.17) is 4.74 Å². The van der Waals surface area contributed by atoms with Gasteiger partial charge in [0.2, 0.25) is 5.91 Å². The number of amides is 1. The lowest BCUT2D eigenvalue weighted by Crippen LogP contribution is -2.17. The van der Waals surface area contributed by atoms with Gasteiger partial charge in [-0.2, -0.15) is 0 Å². The number of ketones is 1. The molecular weight excluding hydrogens is 431 g/mol. The van der Waals surface area contributed by atoms with Crippen LogP contribution in [0, 0.1) is 5.82 Å². The maximum absolute atomic E-state index is 13.4. The van der Waals surface area contributed by atoms with E-state index in [1.807, 2.05) is 4.57 Å². The largest absolute Gasteiger partial charge is 0.376 e. The Morgan fingerprint density at radius 1 is 1.22 bits per heavy atom. The van der Waals surface area contributed by atoms with Crippen LogP contribution in [0.3, 0.4) is 0 Å². The minimum absolute atomic E-state index is 0.0489. The Morgan fingerprint density at radius 2 is 2.06 bits per heavy atom. The van der Waals surface area contributed by atoms with Crippen LogP contribution < -0.4 is 5.32 Å². The molecule has 32 heavy (non-hydrogen) atoms. The van der Waals surface area contributed by atoms with Crippen molar-refractivity contribution in [3.05, 3.63) is 59.4 Å². The van der Waals surface area contributed by atoms with Crippen LogP contribution in [0.15, 0.2) is 47.6 Å². The molecule has 7 nitrogen and oxygen atoms in total. The van der Waals surface area contributed by atoms with E-state index in [1.54, 1.807) is 30.3 Å². The highest BCUT2D eigenvalue weighted by Gasteiger charge is 2.23. The number of thioether (sulfide) groups is 1. The molecule has 1 saturated heterocycles. The smallest absolute Gasteiger partial charge is 0.228 e. The molecule has 164 valence electrons. The molecule has 0 saturated carbocycles. The first-order valence-corrected chi connectivity index (χ1v) is 11.4. The Morgan fingerprint density at radius 3 is 2.84 bits per heavy atom. The molecule has 0 radical (unpaired) electrons. The van der Waals surface area contributed by atoms with Crippen LogP contribution in [0.4, 0.5) is 10.1 Å². The molecule has 5 rings (SSSR count). The van der Waals surface area contributed by atoms with Crippen molar-refractivity contribution in [2.24, 2.45) is 0 Å². The van der Waals surface area contributed by atoms with E-state index in [1.165, 1.54) is 23.9 Å². The summed E-state index contributed by atoms with van der Waals surface area (Å²) in [6.45, 7) is 1.30. The number of hydrogen-bond acceptors (Lipinski definition) is 6. The summed E-state index contributed by atoms with van der Waals surface area (Å²) in [6.07, 6.45) is 2.31. The Kier molecular flexibility index (Phi) is 5.75. The molecule has 1 N–H and O–H groups in total. The lowest BCUT2D eigenvalue weighted by atomic mass is 10.1. The second-order valence-electron chi connectivity index (χ2n) is 7.87. The van der Waals surface area contributed by atoms with Gasteiger partial charge in [-0.05, 0) is 60.9 Å². The molecule has 0 spiro atoms. The third kappa shape index (κ3) is 4.31. The third-order valence-electron chi connectivity index (χ3n) is 5.61. The maximum Gasteiger partial charge on any atom is 0.228 e. The van der Waals surface area contributed by atoms with Crippen molar-refractivity contribution in [2.75, 3.05) is 17.7 Å². The SMILES string of the molecule is O=C1Cc2cc(C(=O)CSc3nnc(-c4ccc(F)cc4)n3C[C@@H]3CCCO3)ccc2N1. The van der Waals surface area contributed by atoms with Gasteiger partial charge in [0.1, 0.15) is 5.82 Å². The molecule has 1 atom stereocenters. The summed E-state index contributed by atoms with van der Waals surface area (Å²) in [7, 11) is 0. The fraction of sp³-hybridized carbons (Fsp3) is 0.304. The van der Waals surface area contributed by atoms with E-state index in [9.17, 15) is 14.0 Å². The third-order valence-corrected chi connectivity index (χ3v) is 6.58. The molecule has 0 unspecified atom stereocenters. The van der Waals surface area contributed by atoms with Crippen LogP contribution in [0.25, 0.3) is 11.4 Å². The summed E-state index contributed by atoms with van der Waals surface area (Å²) < 4.78 is 21.1. The number of carbonyl (C=O) groups is 2. The number of aromatic nitrogens is 3. The van der Waals surface area contributed by atoms with Gasteiger partial charge in [0.25, 0.3) is 0 Å². The molecule has 1 fully saturated rings. The van der Waals surface area contributed by atoms with Crippen LogP contribution in [-0.2, 0) is 22.5 Å². The zero-order chi connectivity index (χ0) is 22.1. The molecular formula is C23H21FN4O3S. The van der Waals surface area contributed by atoms with Gasteiger partial charge in [-0.25, -0.2) is 4.39 Å². The van der Waals surface area contributed by atoms with Gasteiger partial charge >= 0.3 is 0 Å². The number of carbonyl (C=O) groups excluding carboxylic acids is 2. The van der Waals surface area contributed by atoms with E-state index in [-0.39, 0.29) is 29.4 Å². The predicted octanol–water partition coefficient (Wildman–Crippen LogP) is 3.73. The summed E-state index contributed by atoms with van der Waals surface area (Å²) in [4.78, 5) is 24.4. The molecule has 1 aromatic heterocycles. The molecule has 2 aliphatic rings. The average Bonchev–Trinajstić information content (AvgIpc) is 3.52. The second-order valence-corrected chi connectivity index (χ2v) is 8.81. The molecule has 1 amide bonds. The molecule has 2 aliphatic heterocycles. The number of benzene rings is 2. The average molecular weight is 453 g/mol. The topological polar surface area (TPSA) is 86.1 Å². The fourth-order valence-electron chi connectivity index (χ4n) is 3.98. The summed E-state index contributed by atoms with van der Waals surface area (Å²) >= 11 is 1.31. The zero-order valence-corrected chi connectivity index (χ0v) is 18.0. The van der Waals surface area contributed by atoms with Gasteiger partial charge in [-0.3, -0.25) is 14.2 Å². The Labute approximate surface area is 188 Å². The second kappa shape index (κ2) is 8.84. The van der Waals surface area contributed by atoms with Gasteiger partial charge in [-0.15, -0.1) is 10.2 Å². The molecule has 3 heterocycles. The zero-order valence-electron chi connectivity index (χ0n) is 17.2. The molecule has 9 heteroatoms. The summed E-state index contributed by atoms with van der Waals surface area (Å²) in [5, 5.41) is 12.0. The van der Waals surface area contributed by atoms with Crippen molar-refractivity contribution >= 4 is 29.1 Å². The van der Waals surface area contributed by atoms with Gasteiger partial charge < -0.3 is 10.1 Å². The van der Waals surface area contributed by atoms with Crippen molar-refractivity contribution in [2.45, 2.75) is 37.1 Å². The summed E-state index contributed by atoms with van der Waals surface area (Å²) in [5.74, 6) is 0.386. The number of nitrogens with zero attached hydrogens (tertiary/aromatic N) is 3. The number of anilines is 1. The van der Waals surface area contributed by atoms with Gasteiger partial charge in [0, 0.05) is 23.4 Å². The number of rotatable bonds is 7. The van der Waals surface area contributed by atoms with Crippen LogP contribution in [0.5, 0.6) is 0 Å². The van der Waals surface area contributed by atoms with Gasteiger partial charge in [0.15, 0.2) is 16.8 Å². The van der Waals surface area contributed by atoms with Crippen molar-refractivity contribution in [1.29, 1.82) is 0 Å². The van der Waals surface area contributed by atoms with Crippen LogP contribution in [0.1, 0.15) is 28.8 Å². The van der Waals surface area contributed by atoms with E-state index in [0.717, 1.165) is 36.3 Å². The lowest BCUT2D eigenvalue weighted by molar-refractivity contribution is -0.115. The van der Waals surface area contributed by atoms with Gasteiger partial charge in [-0.1, -0.05) is 11.8 Å². The Hall–Kier alpha value is -3.04. The standard InChI is InChI=1S/C23H21FN4O3S/c24-17-6-3-14(4-7-17)22-26-27-23(28(22)12-18-2-1-9-31-18)32-13-20(29)15-5-8-19-16(10-15)11-21(30)25-19/h3-8,10,18H,1-2,9,11-13H2,(H,25,30)/t18-/m0/s1. The first-order valence-electron chi connectivity index (χ1n) is 10.5. The number of ether oxygens (including phenoxy) is 1. The van der Waals surface area contributed by atoms with Crippen LogP contribution in [0.2, 0.25) is 0 Å². The highest BCUT2D eigenvalue weighted by atomic mass is 32.2. The monoisotopic (exact) mass is 452 g/mol. The minimum Gasteiger partial charge on any atom is -0.376 e. The number of Topliss-reactive ketones (excluding diaryl/α,β-unsaturated/α-hetero) is 1. The first kappa shape index (κ1) is 20.8. The normalized spacial score (nSPS) is 17.4. The number of hydrogen-bond donors (Lipinski definition) is 1. The van der Waals surface area contributed by atoms with E-state index < -0.39 is 0 Å². The van der Waals surface area contributed by atoms with Crippen molar-refractivity contribution in [1.82, 2.24) is 14.8 Å². The molecule has 0 bridgehead atoms. The molecule has 3 aromatic rings. The minimum atomic E-state index is -0.314. The highest BCUT2D eigenvalue weighted by molar-refractivity contribution is 7.99. The summed E-state index contributed by atoms with van der Waals surface area (Å²) in [6, 6.07) is 11.4. The van der Waals surface area contributed by atoms with E-state index in [0.29, 0.717) is 29.5 Å². The van der Waals surface area contributed by atoms with Crippen LogP contribution in [-0.4, -0.2) is 44.9 Å². The number of halogens is 1.